The molecule has 1 radical (unpaired) electrons. The fraction of sp³-hybridized carbons (Fsp3) is 0.571. The lowest BCUT2D eigenvalue weighted by Gasteiger charge is -1.95. The molecule has 0 heterocycles. The Morgan fingerprint density at radius 1 is 1.33 bits per heavy atom. The van der Waals surface area contributed by atoms with Gasteiger partial charge >= 0.3 is 0 Å². The third-order valence-corrected chi connectivity index (χ3v) is 2.90. The van der Waals surface area contributed by atoms with Crippen molar-refractivity contribution >= 4 is 27.7 Å². The van der Waals surface area contributed by atoms with Crippen LogP contribution >= 0.6 is 11.6 Å². The Bertz CT molecular complexity index is 243. The molecule has 0 aliphatic rings. The Hall–Kier alpha value is -0.350. The maximum atomic E-state index is 10.9. The molecule has 0 N–H and O–H groups in total. The van der Waals surface area contributed by atoms with E-state index in [0.29, 0.717) is 19.3 Å². The number of hydrogen-bond donors (Lipinski definition) is 0. The molecular formula is C7H10ClO3S. The van der Waals surface area contributed by atoms with Gasteiger partial charge in [0.2, 0.25) is 0 Å². The maximum absolute atomic E-state index is 10.9. The average Bonchev–Trinajstić information content (AvgIpc) is 1.98. The van der Waals surface area contributed by atoms with Crippen molar-refractivity contribution in [1.82, 2.24) is 0 Å². The number of halogens is 1. The van der Waals surface area contributed by atoms with Crippen LogP contribution in [0, 0.1) is 0 Å². The Morgan fingerprint density at radius 2 is 2.00 bits per heavy atom. The predicted octanol–water partition coefficient (Wildman–Crippen LogP) is 1.39. The van der Waals surface area contributed by atoms with Crippen LogP contribution in [-0.4, -0.2) is 20.5 Å². The van der Waals surface area contributed by atoms with Crippen molar-refractivity contribution < 1.29 is 13.2 Å². The molecule has 0 aliphatic heterocycles. The molecule has 0 aromatic rings. The van der Waals surface area contributed by atoms with Gasteiger partial charge in [-0.3, -0.25) is 4.79 Å². The lowest BCUT2D eigenvalue weighted by Crippen LogP contribution is -2.01. The molecule has 0 fully saturated rings. The normalized spacial score (nSPS) is 12.1. The standard InChI is InChI=1S/C7H10ClO3S/c8-4-7-12(10,11)6-3-1-2-5-9/h4,7H,1-3,6H2. The largest absolute Gasteiger partial charge is 0.291 e. The monoisotopic (exact) mass is 209 g/mol. The summed E-state index contributed by atoms with van der Waals surface area (Å²) in [6.45, 7) is 0. The number of hydrogen-bond acceptors (Lipinski definition) is 3. The fourth-order valence-corrected chi connectivity index (χ4v) is 2.02. The van der Waals surface area contributed by atoms with E-state index < -0.39 is 9.84 Å². The molecule has 0 rings (SSSR count). The van der Waals surface area contributed by atoms with Crippen molar-refractivity contribution in [2.24, 2.45) is 0 Å². The van der Waals surface area contributed by atoms with Crippen LogP contribution in [0.1, 0.15) is 19.3 Å². The SMILES string of the molecule is O=[C]CCCCS(=O)(=O)C=CCl. The first-order chi connectivity index (χ1) is 5.62. The minimum Gasteiger partial charge on any atom is -0.291 e. The molecule has 0 spiro atoms. The zero-order chi connectivity index (χ0) is 9.45. The zero-order valence-electron chi connectivity index (χ0n) is 6.49. The molecule has 69 valence electrons. The molecule has 0 aromatic carbocycles. The Kier molecular flexibility index (Phi) is 6.02. The van der Waals surface area contributed by atoms with E-state index in [1.807, 2.05) is 0 Å². The second kappa shape index (κ2) is 6.20. The third-order valence-electron chi connectivity index (χ3n) is 1.22. The Morgan fingerprint density at radius 3 is 2.50 bits per heavy atom. The molecule has 0 bridgehead atoms. The van der Waals surface area contributed by atoms with Crippen molar-refractivity contribution in [2.75, 3.05) is 5.75 Å². The first-order valence-electron chi connectivity index (χ1n) is 3.47. The molecule has 0 saturated heterocycles. The summed E-state index contributed by atoms with van der Waals surface area (Å²) >= 11 is 5.10. The minimum absolute atomic E-state index is 0.0396. The summed E-state index contributed by atoms with van der Waals surface area (Å²) in [4.78, 5) is 9.75. The highest BCUT2D eigenvalue weighted by molar-refractivity contribution is 7.94. The van der Waals surface area contributed by atoms with Crippen LogP contribution < -0.4 is 0 Å². The smallest absolute Gasteiger partial charge is 0.198 e. The van der Waals surface area contributed by atoms with Gasteiger partial charge in [0, 0.05) is 17.4 Å². The van der Waals surface area contributed by atoms with Crippen molar-refractivity contribution in [2.45, 2.75) is 19.3 Å². The van der Waals surface area contributed by atoms with E-state index in [-0.39, 0.29) is 5.75 Å². The van der Waals surface area contributed by atoms with Crippen molar-refractivity contribution in [3.8, 4) is 0 Å². The topological polar surface area (TPSA) is 51.2 Å². The van der Waals surface area contributed by atoms with Gasteiger partial charge in [0.1, 0.15) is 0 Å². The number of sulfone groups is 1. The molecule has 0 unspecified atom stereocenters. The molecule has 12 heavy (non-hydrogen) atoms. The molecular weight excluding hydrogens is 200 g/mol. The summed E-state index contributed by atoms with van der Waals surface area (Å²) < 4.78 is 21.8. The van der Waals surface area contributed by atoms with Gasteiger partial charge in [0.25, 0.3) is 0 Å². The number of unbranched alkanes of at least 4 members (excludes halogenated alkanes) is 2. The zero-order valence-corrected chi connectivity index (χ0v) is 8.07. The van der Waals surface area contributed by atoms with Crippen LogP contribution in [0.25, 0.3) is 0 Å². The quantitative estimate of drug-likeness (QED) is 0.622. The molecule has 0 aliphatic carbocycles. The van der Waals surface area contributed by atoms with E-state index in [2.05, 4.69) is 0 Å². The van der Waals surface area contributed by atoms with Gasteiger partial charge in [-0.15, -0.1) is 0 Å². The van der Waals surface area contributed by atoms with Crippen LogP contribution in [-0.2, 0) is 14.6 Å². The van der Waals surface area contributed by atoms with Crippen LogP contribution in [0.5, 0.6) is 0 Å². The fourth-order valence-electron chi connectivity index (χ4n) is 0.647. The molecule has 0 amide bonds. The van der Waals surface area contributed by atoms with Crippen LogP contribution in [0.4, 0.5) is 0 Å². The van der Waals surface area contributed by atoms with Crippen LogP contribution in [0.15, 0.2) is 10.9 Å². The van der Waals surface area contributed by atoms with Gasteiger partial charge in [-0.2, -0.15) is 0 Å². The van der Waals surface area contributed by atoms with E-state index in [0.717, 1.165) is 10.9 Å². The van der Waals surface area contributed by atoms with E-state index in [4.69, 9.17) is 11.6 Å². The molecule has 3 nitrogen and oxygen atoms in total. The van der Waals surface area contributed by atoms with Crippen molar-refractivity contribution in [3.63, 3.8) is 0 Å². The second-order valence-electron chi connectivity index (χ2n) is 2.23. The second-order valence-corrected chi connectivity index (χ2v) is 4.49. The van der Waals surface area contributed by atoms with Crippen LogP contribution in [0.3, 0.4) is 0 Å². The summed E-state index contributed by atoms with van der Waals surface area (Å²) in [6.07, 6.45) is 3.01. The summed E-state index contributed by atoms with van der Waals surface area (Å²) in [5.41, 5.74) is 0.973. The minimum atomic E-state index is -3.15. The first-order valence-corrected chi connectivity index (χ1v) is 5.62. The molecule has 0 aromatic heterocycles. The molecule has 0 atom stereocenters. The summed E-state index contributed by atoms with van der Waals surface area (Å²) in [7, 11) is -3.15. The van der Waals surface area contributed by atoms with E-state index in [9.17, 15) is 13.2 Å². The molecule has 0 saturated carbocycles. The van der Waals surface area contributed by atoms with Gasteiger partial charge in [-0.25, -0.2) is 8.42 Å². The highest BCUT2D eigenvalue weighted by Gasteiger charge is 2.04. The third kappa shape index (κ3) is 6.37. The van der Waals surface area contributed by atoms with Crippen molar-refractivity contribution in [1.29, 1.82) is 0 Å². The van der Waals surface area contributed by atoms with E-state index in [1.54, 1.807) is 6.29 Å². The highest BCUT2D eigenvalue weighted by Crippen LogP contribution is 2.01. The van der Waals surface area contributed by atoms with Gasteiger partial charge in [-0.05, 0) is 12.8 Å². The van der Waals surface area contributed by atoms with Crippen molar-refractivity contribution in [3.05, 3.63) is 10.9 Å². The number of rotatable bonds is 6. The van der Waals surface area contributed by atoms with E-state index in [1.165, 1.54) is 0 Å². The highest BCUT2D eigenvalue weighted by atomic mass is 35.5. The Labute approximate surface area is 77.3 Å². The lowest BCUT2D eigenvalue weighted by molar-refractivity contribution is 0.547. The van der Waals surface area contributed by atoms with Gasteiger partial charge in [0.05, 0.1) is 5.75 Å². The lowest BCUT2D eigenvalue weighted by atomic mass is 10.3. The van der Waals surface area contributed by atoms with Crippen LogP contribution in [0.2, 0.25) is 0 Å². The Balaban J connectivity index is 3.70. The molecule has 5 heteroatoms. The van der Waals surface area contributed by atoms with Gasteiger partial charge < -0.3 is 0 Å². The summed E-state index contributed by atoms with van der Waals surface area (Å²) in [6, 6.07) is 0. The maximum Gasteiger partial charge on any atom is 0.198 e. The predicted molar refractivity (Wildman–Crippen MR) is 48.3 cm³/mol. The first kappa shape index (κ1) is 11.6. The van der Waals surface area contributed by atoms with E-state index >= 15 is 0 Å². The average molecular weight is 210 g/mol. The summed E-state index contributed by atoms with van der Waals surface area (Å²) in [5, 5.41) is 0.958. The summed E-state index contributed by atoms with van der Waals surface area (Å²) in [5.74, 6) is 0.0396. The van der Waals surface area contributed by atoms with Gasteiger partial charge in [-0.1, -0.05) is 11.6 Å². The number of carbonyl (C=O) groups excluding carboxylic acids is 1. The van der Waals surface area contributed by atoms with Gasteiger partial charge in [0.15, 0.2) is 16.1 Å².